The summed E-state index contributed by atoms with van der Waals surface area (Å²) in [4.78, 5) is 0. The second-order valence-corrected chi connectivity index (χ2v) is 2.86. The number of hydrazine groups is 1. The monoisotopic (exact) mass is 168 g/mol. The summed E-state index contributed by atoms with van der Waals surface area (Å²) in [6.45, 7) is 2.19. The summed E-state index contributed by atoms with van der Waals surface area (Å²) < 4.78 is 0. The molecule has 0 spiro atoms. The van der Waals surface area contributed by atoms with Gasteiger partial charge in [0.2, 0.25) is 0 Å². The second kappa shape index (κ2) is 5.74. The topological polar surface area (TPSA) is 57.9 Å². The summed E-state index contributed by atoms with van der Waals surface area (Å²) >= 11 is 0. The lowest BCUT2D eigenvalue weighted by Crippen LogP contribution is -2.35. The van der Waals surface area contributed by atoms with E-state index in [4.69, 9.17) is 5.84 Å². The van der Waals surface area contributed by atoms with Crippen LogP contribution in [0.5, 0.6) is 0 Å². The van der Waals surface area contributed by atoms with Crippen LogP contribution in [0.3, 0.4) is 0 Å². The quantitative estimate of drug-likeness (QED) is 0.562. The number of nitrogens with two attached hydrogens (primary N) is 1. The number of H-pyrrole nitrogens is 1. The number of aromatic nitrogens is 2. The van der Waals surface area contributed by atoms with E-state index < -0.39 is 0 Å². The third-order valence-electron chi connectivity index (χ3n) is 1.80. The largest absolute Gasteiger partial charge is 0.286 e. The fourth-order valence-electron chi connectivity index (χ4n) is 1.13. The molecule has 1 aliphatic heterocycles. The molecule has 1 aromatic rings. The van der Waals surface area contributed by atoms with E-state index in [1.807, 2.05) is 11.1 Å². The zero-order valence-electron chi connectivity index (χ0n) is 7.24. The molecule has 0 aromatic carbocycles. The van der Waals surface area contributed by atoms with Crippen LogP contribution in [0, 0.1) is 0 Å². The molecular weight excluding hydrogens is 152 g/mol. The summed E-state index contributed by atoms with van der Waals surface area (Å²) in [5.41, 5.74) is 0. The fourth-order valence-corrected chi connectivity index (χ4v) is 1.13. The van der Waals surface area contributed by atoms with Crippen molar-refractivity contribution in [3.8, 4) is 0 Å². The number of hydrogen-bond donors (Lipinski definition) is 2. The van der Waals surface area contributed by atoms with Crippen LogP contribution >= 0.6 is 0 Å². The zero-order chi connectivity index (χ0) is 8.65. The number of nitrogens with zero attached hydrogens (tertiary/aromatic N) is 2. The number of nitrogens with one attached hydrogen (secondary N) is 1. The highest BCUT2D eigenvalue weighted by Gasteiger charge is 2.02. The van der Waals surface area contributed by atoms with Crippen molar-refractivity contribution in [3.63, 3.8) is 0 Å². The van der Waals surface area contributed by atoms with E-state index in [1.165, 1.54) is 19.3 Å². The highest BCUT2D eigenvalue weighted by atomic mass is 15.4. The molecule has 0 amide bonds. The van der Waals surface area contributed by atoms with Gasteiger partial charge < -0.3 is 0 Å². The normalized spacial score (nSPS) is 18.1. The summed E-state index contributed by atoms with van der Waals surface area (Å²) in [5, 5.41) is 8.10. The van der Waals surface area contributed by atoms with Gasteiger partial charge in [-0.05, 0) is 18.9 Å². The predicted octanol–water partition coefficient (Wildman–Crippen LogP) is 0.756. The lowest BCUT2D eigenvalue weighted by molar-refractivity contribution is 0.235. The molecule has 3 N–H and O–H groups in total. The Morgan fingerprint density at radius 3 is 2.25 bits per heavy atom. The van der Waals surface area contributed by atoms with Crippen LogP contribution in [0.15, 0.2) is 18.5 Å². The Bertz CT molecular complexity index is 150. The van der Waals surface area contributed by atoms with Crippen LogP contribution in [0.4, 0.5) is 0 Å². The van der Waals surface area contributed by atoms with Gasteiger partial charge in [0.25, 0.3) is 0 Å². The number of hydrogen-bond acceptors (Lipinski definition) is 3. The van der Waals surface area contributed by atoms with E-state index in [2.05, 4.69) is 10.2 Å². The molecule has 4 heteroatoms. The highest BCUT2D eigenvalue weighted by molar-refractivity contribution is 4.72. The molecule has 0 aliphatic carbocycles. The Balaban J connectivity index is 0.000000127. The van der Waals surface area contributed by atoms with Crippen molar-refractivity contribution in [2.75, 3.05) is 13.1 Å². The van der Waals surface area contributed by atoms with E-state index in [1.54, 1.807) is 12.4 Å². The Morgan fingerprint density at radius 2 is 2.00 bits per heavy atom. The van der Waals surface area contributed by atoms with Gasteiger partial charge in [-0.1, -0.05) is 6.42 Å². The Hall–Kier alpha value is -0.870. The van der Waals surface area contributed by atoms with Crippen molar-refractivity contribution in [1.82, 2.24) is 15.2 Å². The maximum absolute atomic E-state index is 5.47. The number of rotatable bonds is 0. The summed E-state index contributed by atoms with van der Waals surface area (Å²) in [7, 11) is 0. The van der Waals surface area contributed by atoms with Gasteiger partial charge in [-0.3, -0.25) is 10.9 Å². The standard InChI is InChI=1S/C5H12N2.C3H4N2/c6-7-4-2-1-3-5-7;1-2-4-5-3-1/h1-6H2;1-3H,(H,4,5). The molecule has 1 aliphatic rings. The molecule has 0 unspecified atom stereocenters. The van der Waals surface area contributed by atoms with Gasteiger partial charge in [0, 0.05) is 25.5 Å². The van der Waals surface area contributed by atoms with Crippen LogP contribution in [-0.4, -0.2) is 28.3 Å². The van der Waals surface area contributed by atoms with Gasteiger partial charge in [-0.25, -0.2) is 5.01 Å². The summed E-state index contributed by atoms with van der Waals surface area (Å²) in [5.74, 6) is 5.47. The molecule has 0 saturated carbocycles. The highest BCUT2D eigenvalue weighted by Crippen LogP contribution is 2.03. The molecule has 2 heterocycles. The third-order valence-corrected chi connectivity index (χ3v) is 1.80. The van der Waals surface area contributed by atoms with Crippen molar-refractivity contribution < 1.29 is 0 Å². The van der Waals surface area contributed by atoms with Gasteiger partial charge in [0.1, 0.15) is 0 Å². The van der Waals surface area contributed by atoms with Crippen LogP contribution in [0.1, 0.15) is 19.3 Å². The SMILES string of the molecule is NN1CCCCC1.c1cn[nH]c1. The van der Waals surface area contributed by atoms with Crippen LogP contribution in [-0.2, 0) is 0 Å². The Labute approximate surface area is 72.7 Å². The van der Waals surface area contributed by atoms with Gasteiger partial charge in [0.15, 0.2) is 0 Å². The smallest absolute Gasteiger partial charge is 0.0487 e. The van der Waals surface area contributed by atoms with Crippen molar-refractivity contribution in [2.45, 2.75) is 19.3 Å². The fraction of sp³-hybridized carbons (Fsp3) is 0.625. The van der Waals surface area contributed by atoms with E-state index in [0.29, 0.717) is 0 Å². The van der Waals surface area contributed by atoms with Gasteiger partial charge >= 0.3 is 0 Å². The van der Waals surface area contributed by atoms with Gasteiger partial charge in [0.05, 0.1) is 0 Å². The minimum absolute atomic E-state index is 1.10. The molecule has 12 heavy (non-hydrogen) atoms. The Morgan fingerprint density at radius 1 is 1.25 bits per heavy atom. The maximum atomic E-state index is 5.47. The van der Waals surface area contributed by atoms with E-state index in [-0.39, 0.29) is 0 Å². The van der Waals surface area contributed by atoms with Crippen LogP contribution < -0.4 is 5.84 Å². The molecule has 4 nitrogen and oxygen atoms in total. The van der Waals surface area contributed by atoms with Crippen molar-refractivity contribution in [1.29, 1.82) is 0 Å². The first-order valence-corrected chi connectivity index (χ1v) is 4.33. The lowest BCUT2D eigenvalue weighted by Gasteiger charge is -2.20. The summed E-state index contributed by atoms with van der Waals surface area (Å²) in [6, 6.07) is 1.83. The van der Waals surface area contributed by atoms with E-state index in [0.717, 1.165) is 13.1 Å². The third kappa shape index (κ3) is 4.10. The van der Waals surface area contributed by atoms with Gasteiger partial charge in [-0.15, -0.1) is 0 Å². The molecule has 1 fully saturated rings. The first-order valence-electron chi connectivity index (χ1n) is 4.33. The van der Waals surface area contributed by atoms with Crippen molar-refractivity contribution in [2.24, 2.45) is 5.84 Å². The lowest BCUT2D eigenvalue weighted by atomic mass is 10.2. The first kappa shape index (κ1) is 9.22. The minimum atomic E-state index is 1.10. The molecule has 1 aromatic heterocycles. The average Bonchev–Trinajstić information content (AvgIpc) is 2.62. The Kier molecular flexibility index (Phi) is 4.41. The average molecular weight is 168 g/mol. The van der Waals surface area contributed by atoms with E-state index >= 15 is 0 Å². The first-order chi connectivity index (χ1) is 5.89. The molecule has 0 radical (unpaired) electrons. The minimum Gasteiger partial charge on any atom is -0.286 e. The van der Waals surface area contributed by atoms with Gasteiger partial charge in [-0.2, -0.15) is 5.10 Å². The number of piperidine rings is 1. The predicted molar refractivity (Wildman–Crippen MR) is 48.2 cm³/mol. The van der Waals surface area contributed by atoms with Crippen molar-refractivity contribution >= 4 is 0 Å². The molecule has 1 saturated heterocycles. The van der Waals surface area contributed by atoms with Crippen molar-refractivity contribution in [3.05, 3.63) is 18.5 Å². The molecule has 2 rings (SSSR count). The molecule has 0 bridgehead atoms. The molecular formula is C8H16N4. The maximum Gasteiger partial charge on any atom is 0.0487 e. The number of aromatic amines is 1. The molecule has 0 atom stereocenters. The van der Waals surface area contributed by atoms with E-state index in [9.17, 15) is 0 Å². The summed E-state index contributed by atoms with van der Waals surface area (Å²) in [6.07, 6.45) is 7.40. The zero-order valence-corrected chi connectivity index (χ0v) is 7.24. The van der Waals surface area contributed by atoms with Crippen LogP contribution in [0.2, 0.25) is 0 Å². The van der Waals surface area contributed by atoms with Crippen LogP contribution in [0.25, 0.3) is 0 Å². The second-order valence-electron chi connectivity index (χ2n) is 2.86. The molecule has 68 valence electrons.